The van der Waals surface area contributed by atoms with Gasteiger partial charge < -0.3 is 10.2 Å². The van der Waals surface area contributed by atoms with Gasteiger partial charge in [0.1, 0.15) is 0 Å². The molecule has 1 fully saturated rings. The van der Waals surface area contributed by atoms with Crippen LogP contribution in [0.2, 0.25) is 0 Å². The Morgan fingerprint density at radius 1 is 1.19 bits per heavy atom. The van der Waals surface area contributed by atoms with Gasteiger partial charge in [0.15, 0.2) is 0 Å². The number of nitrogens with one attached hydrogen (secondary N) is 1. The van der Waals surface area contributed by atoms with E-state index in [-0.39, 0.29) is 0 Å². The van der Waals surface area contributed by atoms with Crippen molar-refractivity contribution in [3.8, 4) is 0 Å². The molecule has 16 heavy (non-hydrogen) atoms. The van der Waals surface area contributed by atoms with E-state index in [1.54, 1.807) is 0 Å². The zero-order valence-electron chi connectivity index (χ0n) is 11.0. The van der Waals surface area contributed by atoms with Crippen LogP contribution in [0.1, 0.15) is 39.0 Å². The fraction of sp³-hybridized carbons (Fsp3) is 1.00. The minimum absolute atomic E-state index is 0.795. The lowest BCUT2D eigenvalue weighted by atomic mass is 10.0. The molecule has 1 rings (SSSR count). The Kier molecular flexibility index (Phi) is 8.34. The lowest BCUT2D eigenvalue weighted by Gasteiger charge is -2.31. The molecule has 1 saturated heterocycles. The van der Waals surface area contributed by atoms with Crippen LogP contribution in [-0.2, 0) is 0 Å². The van der Waals surface area contributed by atoms with E-state index >= 15 is 0 Å². The van der Waals surface area contributed by atoms with Gasteiger partial charge in [0.2, 0.25) is 0 Å². The third kappa shape index (κ3) is 6.12. The third-order valence-corrected chi connectivity index (χ3v) is 4.19. The highest BCUT2D eigenvalue weighted by Crippen LogP contribution is 2.10. The molecule has 0 amide bonds. The van der Waals surface area contributed by atoms with Gasteiger partial charge in [0, 0.05) is 6.04 Å². The van der Waals surface area contributed by atoms with E-state index in [1.807, 2.05) is 11.8 Å². The number of nitrogens with zero attached hydrogens (tertiary/aromatic N) is 1. The predicted molar refractivity (Wildman–Crippen MR) is 75.4 cm³/mol. The Morgan fingerprint density at radius 2 is 1.94 bits per heavy atom. The standard InChI is InChI=1S/C13H28N2S/c1-3-15-10-7-13(8-11-15)14-9-5-4-6-12-16-2/h13-14H,3-12H2,1-2H3. The summed E-state index contributed by atoms with van der Waals surface area (Å²) < 4.78 is 0. The first kappa shape index (κ1) is 14.3. The SMILES string of the molecule is CCN1CCC(NCCCCCSC)CC1. The molecule has 0 aromatic heterocycles. The average Bonchev–Trinajstić information content (AvgIpc) is 2.34. The highest BCUT2D eigenvalue weighted by molar-refractivity contribution is 7.98. The third-order valence-electron chi connectivity index (χ3n) is 3.49. The van der Waals surface area contributed by atoms with Gasteiger partial charge in [-0.2, -0.15) is 11.8 Å². The minimum atomic E-state index is 0.795. The second-order valence-electron chi connectivity index (χ2n) is 4.72. The van der Waals surface area contributed by atoms with E-state index in [0.717, 1.165) is 6.04 Å². The molecule has 0 aromatic carbocycles. The van der Waals surface area contributed by atoms with Crippen molar-refractivity contribution in [1.82, 2.24) is 10.2 Å². The predicted octanol–water partition coefficient (Wildman–Crippen LogP) is 2.59. The number of piperidine rings is 1. The zero-order valence-corrected chi connectivity index (χ0v) is 11.8. The van der Waals surface area contributed by atoms with Crippen molar-refractivity contribution in [2.75, 3.05) is 38.2 Å². The van der Waals surface area contributed by atoms with Crippen LogP contribution in [0.25, 0.3) is 0 Å². The molecule has 1 heterocycles. The van der Waals surface area contributed by atoms with Gasteiger partial charge in [0.05, 0.1) is 0 Å². The van der Waals surface area contributed by atoms with Crippen molar-refractivity contribution in [2.45, 2.75) is 45.1 Å². The van der Waals surface area contributed by atoms with Gasteiger partial charge in [-0.05, 0) is 63.9 Å². The summed E-state index contributed by atoms with van der Waals surface area (Å²) in [6.45, 7) is 7.30. The molecule has 0 radical (unpaired) electrons. The molecule has 2 nitrogen and oxygen atoms in total. The second kappa shape index (κ2) is 9.32. The molecule has 0 aliphatic carbocycles. The van der Waals surface area contributed by atoms with Crippen LogP contribution in [0, 0.1) is 0 Å². The highest BCUT2D eigenvalue weighted by Gasteiger charge is 2.16. The maximum absolute atomic E-state index is 3.71. The Morgan fingerprint density at radius 3 is 2.56 bits per heavy atom. The van der Waals surface area contributed by atoms with Crippen LogP contribution in [0.15, 0.2) is 0 Å². The van der Waals surface area contributed by atoms with Gasteiger partial charge in [-0.15, -0.1) is 0 Å². The zero-order chi connectivity index (χ0) is 11.6. The molecule has 0 aromatic rings. The van der Waals surface area contributed by atoms with E-state index in [0.29, 0.717) is 0 Å². The molecule has 1 aliphatic rings. The lowest BCUT2D eigenvalue weighted by Crippen LogP contribution is -2.42. The van der Waals surface area contributed by atoms with Gasteiger partial charge in [-0.3, -0.25) is 0 Å². The molecule has 0 unspecified atom stereocenters. The molecular formula is C13H28N2S. The van der Waals surface area contributed by atoms with Gasteiger partial charge >= 0.3 is 0 Å². The number of thioether (sulfide) groups is 1. The Bertz CT molecular complexity index is 156. The molecule has 1 N–H and O–H groups in total. The fourth-order valence-corrected chi connectivity index (χ4v) is 2.80. The van der Waals surface area contributed by atoms with Crippen molar-refractivity contribution in [1.29, 1.82) is 0 Å². The number of rotatable bonds is 8. The van der Waals surface area contributed by atoms with E-state index in [1.165, 1.54) is 64.0 Å². The second-order valence-corrected chi connectivity index (χ2v) is 5.70. The summed E-state index contributed by atoms with van der Waals surface area (Å²) in [5, 5.41) is 3.71. The molecule has 3 heteroatoms. The summed E-state index contributed by atoms with van der Waals surface area (Å²) in [7, 11) is 0. The van der Waals surface area contributed by atoms with Crippen LogP contribution < -0.4 is 5.32 Å². The van der Waals surface area contributed by atoms with Crippen LogP contribution in [0.4, 0.5) is 0 Å². The minimum Gasteiger partial charge on any atom is -0.314 e. The van der Waals surface area contributed by atoms with Crippen molar-refractivity contribution in [3.05, 3.63) is 0 Å². The Hall–Kier alpha value is 0.270. The van der Waals surface area contributed by atoms with E-state index in [4.69, 9.17) is 0 Å². The lowest BCUT2D eigenvalue weighted by molar-refractivity contribution is 0.206. The maximum Gasteiger partial charge on any atom is 0.00914 e. The number of hydrogen-bond donors (Lipinski definition) is 1. The van der Waals surface area contributed by atoms with Gasteiger partial charge in [0.25, 0.3) is 0 Å². The molecule has 0 saturated carbocycles. The van der Waals surface area contributed by atoms with E-state index in [2.05, 4.69) is 23.4 Å². The summed E-state index contributed by atoms with van der Waals surface area (Å²) in [4.78, 5) is 2.55. The molecule has 0 bridgehead atoms. The number of unbranched alkanes of at least 4 members (excludes halogenated alkanes) is 2. The van der Waals surface area contributed by atoms with E-state index < -0.39 is 0 Å². The quantitative estimate of drug-likeness (QED) is 0.661. The largest absolute Gasteiger partial charge is 0.314 e. The van der Waals surface area contributed by atoms with E-state index in [9.17, 15) is 0 Å². The summed E-state index contributed by atoms with van der Waals surface area (Å²) in [5.41, 5.74) is 0. The normalized spacial score (nSPS) is 19.1. The van der Waals surface area contributed by atoms with Gasteiger partial charge in [-0.1, -0.05) is 13.3 Å². The van der Waals surface area contributed by atoms with Crippen molar-refractivity contribution in [2.24, 2.45) is 0 Å². The first-order valence-corrected chi connectivity index (χ1v) is 8.21. The topological polar surface area (TPSA) is 15.3 Å². The summed E-state index contributed by atoms with van der Waals surface area (Å²) in [6, 6.07) is 0.795. The van der Waals surface area contributed by atoms with Crippen LogP contribution in [0.3, 0.4) is 0 Å². The summed E-state index contributed by atoms with van der Waals surface area (Å²) in [5.74, 6) is 1.33. The first-order valence-electron chi connectivity index (χ1n) is 6.81. The van der Waals surface area contributed by atoms with Crippen LogP contribution in [-0.4, -0.2) is 49.1 Å². The number of hydrogen-bond acceptors (Lipinski definition) is 3. The summed E-state index contributed by atoms with van der Waals surface area (Å²) >= 11 is 1.96. The molecule has 0 spiro atoms. The summed E-state index contributed by atoms with van der Waals surface area (Å²) in [6.07, 6.45) is 9.02. The molecule has 0 atom stereocenters. The number of likely N-dealkylation sites (tertiary alicyclic amines) is 1. The smallest absolute Gasteiger partial charge is 0.00914 e. The Balaban J connectivity index is 1.90. The molecule has 96 valence electrons. The average molecular weight is 244 g/mol. The highest BCUT2D eigenvalue weighted by atomic mass is 32.2. The monoisotopic (exact) mass is 244 g/mol. The van der Waals surface area contributed by atoms with Gasteiger partial charge in [-0.25, -0.2) is 0 Å². The fourth-order valence-electron chi connectivity index (χ4n) is 2.31. The maximum atomic E-state index is 3.71. The first-order chi connectivity index (χ1) is 7.86. The van der Waals surface area contributed by atoms with Crippen LogP contribution >= 0.6 is 11.8 Å². The van der Waals surface area contributed by atoms with Crippen molar-refractivity contribution >= 4 is 11.8 Å². The molecule has 1 aliphatic heterocycles. The molecular weight excluding hydrogens is 216 g/mol. The Labute approximate surface area is 106 Å². The van der Waals surface area contributed by atoms with Crippen molar-refractivity contribution in [3.63, 3.8) is 0 Å². The van der Waals surface area contributed by atoms with Crippen molar-refractivity contribution < 1.29 is 0 Å². The van der Waals surface area contributed by atoms with Crippen LogP contribution in [0.5, 0.6) is 0 Å².